The van der Waals surface area contributed by atoms with Crippen molar-refractivity contribution in [2.75, 3.05) is 11.1 Å². The summed E-state index contributed by atoms with van der Waals surface area (Å²) in [5.41, 5.74) is -0.590. The second-order valence-electron chi connectivity index (χ2n) is 4.70. The van der Waals surface area contributed by atoms with Crippen LogP contribution in [-0.4, -0.2) is 32.7 Å². The topological polar surface area (TPSA) is 58.0 Å². The summed E-state index contributed by atoms with van der Waals surface area (Å²) in [5.74, 6) is 0.877. The quantitative estimate of drug-likeness (QED) is 0.768. The van der Waals surface area contributed by atoms with Gasteiger partial charge in [0.1, 0.15) is 0 Å². The molecule has 0 amide bonds. The fraction of sp³-hybridized carbons (Fsp3) is 0.800. The summed E-state index contributed by atoms with van der Waals surface area (Å²) in [6, 6.07) is 0.627. The number of rotatable bonds is 6. The first-order valence-corrected chi connectivity index (χ1v) is 7.28. The van der Waals surface area contributed by atoms with Crippen LogP contribution in [-0.2, 0) is 0 Å². The van der Waals surface area contributed by atoms with Gasteiger partial charge in [-0.3, -0.25) is 0 Å². The monoisotopic (exact) mass is 259 g/mol. The van der Waals surface area contributed by atoms with E-state index in [1.54, 1.807) is 23.1 Å². The minimum absolute atomic E-state index is 0.590. The molecule has 16 heavy (non-hydrogen) atoms. The molecule has 4 nitrogen and oxygen atoms in total. The van der Waals surface area contributed by atoms with Crippen LogP contribution in [0.4, 0.5) is 5.13 Å². The van der Waals surface area contributed by atoms with Crippen molar-refractivity contribution in [1.82, 2.24) is 10.2 Å². The third-order valence-corrected chi connectivity index (χ3v) is 4.24. The SMILES string of the molecule is CC(C)(O)CCSc1nnc(NC2CC2)s1. The Morgan fingerprint density at radius 3 is 2.88 bits per heavy atom. The summed E-state index contributed by atoms with van der Waals surface area (Å²) in [6.07, 6.45) is 3.27. The van der Waals surface area contributed by atoms with Crippen molar-refractivity contribution in [2.24, 2.45) is 0 Å². The molecule has 0 atom stereocenters. The molecule has 1 aromatic heterocycles. The lowest BCUT2D eigenvalue weighted by molar-refractivity contribution is 0.0777. The Labute approximate surface area is 104 Å². The Balaban J connectivity index is 1.74. The Morgan fingerprint density at radius 1 is 1.50 bits per heavy atom. The largest absolute Gasteiger partial charge is 0.390 e. The van der Waals surface area contributed by atoms with Crippen molar-refractivity contribution < 1.29 is 5.11 Å². The molecule has 0 saturated heterocycles. The van der Waals surface area contributed by atoms with E-state index in [0.717, 1.165) is 21.6 Å². The highest BCUT2D eigenvalue weighted by molar-refractivity contribution is 8.01. The van der Waals surface area contributed by atoms with Gasteiger partial charge in [0.2, 0.25) is 5.13 Å². The number of hydrogen-bond acceptors (Lipinski definition) is 6. The predicted octanol–water partition coefficient (Wildman–Crippen LogP) is 2.37. The molecule has 1 aliphatic rings. The zero-order chi connectivity index (χ0) is 11.6. The molecule has 0 aliphatic heterocycles. The molecule has 1 fully saturated rings. The first-order chi connectivity index (χ1) is 7.53. The van der Waals surface area contributed by atoms with Crippen LogP contribution in [0.2, 0.25) is 0 Å². The van der Waals surface area contributed by atoms with Gasteiger partial charge in [-0.15, -0.1) is 10.2 Å². The third-order valence-electron chi connectivity index (χ3n) is 2.25. The van der Waals surface area contributed by atoms with Crippen LogP contribution in [0.5, 0.6) is 0 Å². The van der Waals surface area contributed by atoms with Crippen molar-refractivity contribution in [1.29, 1.82) is 0 Å². The van der Waals surface area contributed by atoms with E-state index >= 15 is 0 Å². The summed E-state index contributed by atoms with van der Waals surface area (Å²) in [7, 11) is 0. The van der Waals surface area contributed by atoms with E-state index < -0.39 is 5.60 Å². The second kappa shape index (κ2) is 4.89. The number of aliphatic hydroxyl groups is 1. The Bertz CT molecular complexity index is 344. The van der Waals surface area contributed by atoms with E-state index in [4.69, 9.17) is 0 Å². The Kier molecular flexibility index (Phi) is 3.71. The molecule has 1 saturated carbocycles. The lowest BCUT2D eigenvalue weighted by Gasteiger charge is -2.15. The summed E-state index contributed by atoms with van der Waals surface area (Å²) in [6.45, 7) is 3.65. The van der Waals surface area contributed by atoms with Crippen LogP contribution in [0.25, 0.3) is 0 Å². The van der Waals surface area contributed by atoms with Crippen LogP contribution in [0.1, 0.15) is 33.1 Å². The van der Waals surface area contributed by atoms with Gasteiger partial charge < -0.3 is 10.4 Å². The molecular formula is C10H17N3OS2. The third kappa shape index (κ3) is 4.27. The van der Waals surface area contributed by atoms with Gasteiger partial charge >= 0.3 is 0 Å². The zero-order valence-electron chi connectivity index (χ0n) is 9.56. The van der Waals surface area contributed by atoms with E-state index in [0.29, 0.717) is 6.04 Å². The van der Waals surface area contributed by atoms with Gasteiger partial charge in [0, 0.05) is 11.8 Å². The fourth-order valence-electron chi connectivity index (χ4n) is 1.12. The summed E-state index contributed by atoms with van der Waals surface area (Å²) >= 11 is 3.26. The molecule has 0 unspecified atom stereocenters. The maximum absolute atomic E-state index is 9.57. The highest BCUT2D eigenvalue weighted by Crippen LogP contribution is 2.30. The molecule has 0 radical (unpaired) electrons. The normalized spacial score (nSPS) is 16.4. The minimum atomic E-state index is -0.590. The maximum atomic E-state index is 9.57. The summed E-state index contributed by atoms with van der Waals surface area (Å²) in [4.78, 5) is 0. The number of nitrogens with one attached hydrogen (secondary N) is 1. The maximum Gasteiger partial charge on any atom is 0.206 e. The van der Waals surface area contributed by atoms with Crippen LogP contribution in [0.15, 0.2) is 4.34 Å². The average molecular weight is 259 g/mol. The molecule has 0 spiro atoms. The molecule has 90 valence electrons. The van der Waals surface area contributed by atoms with Crippen molar-refractivity contribution in [3.8, 4) is 0 Å². The number of anilines is 1. The zero-order valence-corrected chi connectivity index (χ0v) is 11.2. The first-order valence-electron chi connectivity index (χ1n) is 5.48. The van der Waals surface area contributed by atoms with Crippen molar-refractivity contribution in [2.45, 2.75) is 49.1 Å². The van der Waals surface area contributed by atoms with Gasteiger partial charge in [-0.1, -0.05) is 23.1 Å². The molecule has 0 bridgehead atoms. The first kappa shape index (κ1) is 12.1. The van der Waals surface area contributed by atoms with E-state index in [1.165, 1.54) is 12.8 Å². The number of hydrogen-bond donors (Lipinski definition) is 2. The molecule has 1 aromatic rings. The van der Waals surface area contributed by atoms with E-state index in [2.05, 4.69) is 15.5 Å². The standard InChI is InChI=1S/C10H17N3OS2/c1-10(2,14)5-6-15-9-13-12-8(16-9)11-7-3-4-7/h7,14H,3-6H2,1-2H3,(H,11,12). The van der Waals surface area contributed by atoms with Gasteiger partial charge in [-0.2, -0.15) is 0 Å². The molecule has 1 aliphatic carbocycles. The fourth-order valence-corrected chi connectivity index (χ4v) is 3.27. The van der Waals surface area contributed by atoms with Crippen LogP contribution in [0.3, 0.4) is 0 Å². The number of aromatic nitrogens is 2. The summed E-state index contributed by atoms with van der Waals surface area (Å²) < 4.78 is 0.979. The summed E-state index contributed by atoms with van der Waals surface area (Å²) in [5, 5.41) is 22.0. The van der Waals surface area contributed by atoms with Gasteiger partial charge in [0.05, 0.1) is 5.60 Å². The molecule has 0 aromatic carbocycles. The molecule has 2 rings (SSSR count). The lowest BCUT2D eigenvalue weighted by Crippen LogP contribution is -2.18. The van der Waals surface area contributed by atoms with E-state index in [1.807, 2.05) is 13.8 Å². The Hall–Kier alpha value is -0.330. The van der Waals surface area contributed by atoms with E-state index in [-0.39, 0.29) is 0 Å². The van der Waals surface area contributed by atoms with E-state index in [9.17, 15) is 5.11 Å². The molecular weight excluding hydrogens is 242 g/mol. The van der Waals surface area contributed by atoms with Crippen molar-refractivity contribution in [3.05, 3.63) is 0 Å². The number of nitrogens with zero attached hydrogens (tertiary/aromatic N) is 2. The van der Waals surface area contributed by atoms with Crippen LogP contribution >= 0.6 is 23.1 Å². The molecule has 1 heterocycles. The van der Waals surface area contributed by atoms with Crippen molar-refractivity contribution >= 4 is 28.2 Å². The van der Waals surface area contributed by atoms with Gasteiger partial charge in [0.25, 0.3) is 0 Å². The van der Waals surface area contributed by atoms with Crippen LogP contribution in [0, 0.1) is 0 Å². The van der Waals surface area contributed by atoms with Crippen molar-refractivity contribution in [3.63, 3.8) is 0 Å². The highest BCUT2D eigenvalue weighted by Gasteiger charge is 2.22. The number of thioether (sulfide) groups is 1. The smallest absolute Gasteiger partial charge is 0.206 e. The van der Waals surface area contributed by atoms with Gasteiger partial charge in [-0.05, 0) is 33.1 Å². The molecule has 2 N–H and O–H groups in total. The Morgan fingerprint density at radius 2 is 2.25 bits per heavy atom. The lowest BCUT2D eigenvalue weighted by atomic mass is 10.1. The molecule has 6 heteroatoms. The average Bonchev–Trinajstić information content (AvgIpc) is 2.84. The highest BCUT2D eigenvalue weighted by atomic mass is 32.2. The minimum Gasteiger partial charge on any atom is -0.390 e. The predicted molar refractivity (Wildman–Crippen MR) is 68.2 cm³/mol. The van der Waals surface area contributed by atoms with Crippen LogP contribution < -0.4 is 5.32 Å². The van der Waals surface area contributed by atoms with Gasteiger partial charge in [0.15, 0.2) is 4.34 Å². The van der Waals surface area contributed by atoms with Gasteiger partial charge in [-0.25, -0.2) is 0 Å². The second-order valence-corrected chi connectivity index (χ2v) is 7.02.